The largest absolute Gasteiger partial charge is 0.369 e. The van der Waals surface area contributed by atoms with Crippen molar-refractivity contribution in [3.63, 3.8) is 0 Å². The molecule has 5 nitrogen and oxygen atoms in total. The van der Waals surface area contributed by atoms with E-state index >= 15 is 0 Å². The van der Waals surface area contributed by atoms with E-state index in [1.807, 2.05) is 12.4 Å². The molecular formula is C15H22N4O. The molecule has 0 unspecified atom stereocenters. The standard InChI is InChI=1S/C15H22N4O/c1-2-15(20)17-6-3-9-18-10-12-19(13-11-18)14-4-7-16-8-5-14/h2,4-5,7-8H,1,3,6,9-13H2,(H,17,20). The van der Waals surface area contributed by atoms with E-state index in [0.717, 1.165) is 45.7 Å². The van der Waals surface area contributed by atoms with Crippen molar-refractivity contribution in [1.29, 1.82) is 0 Å². The van der Waals surface area contributed by atoms with Gasteiger partial charge >= 0.3 is 0 Å². The first-order valence-corrected chi connectivity index (χ1v) is 7.07. The van der Waals surface area contributed by atoms with Crippen molar-refractivity contribution >= 4 is 11.6 Å². The van der Waals surface area contributed by atoms with E-state index in [0.29, 0.717) is 0 Å². The number of nitrogens with zero attached hydrogens (tertiary/aromatic N) is 3. The normalized spacial score (nSPS) is 15.9. The van der Waals surface area contributed by atoms with Crippen LogP contribution in [0, 0.1) is 0 Å². The number of rotatable bonds is 6. The van der Waals surface area contributed by atoms with Crippen LogP contribution in [-0.2, 0) is 4.79 Å². The molecule has 1 amide bonds. The molecule has 0 aromatic carbocycles. The van der Waals surface area contributed by atoms with Crippen LogP contribution in [0.25, 0.3) is 0 Å². The fourth-order valence-electron chi connectivity index (χ4n) is 2.37. The van der Waals surface area contributed by atoms with Crippen molar-refractivity contribution < 1.29 is 4.79 Å². The molecule has 1 saturated heterocycles. The quantitative estimate of drug-likeness (QED) is 0.618. The maximum Gasteiger partial charge on any atom is 0.243 e. The molecule has 0 aliphatic carbocycles. The van der Waals surface area contributed by atoms with Gasteiger partial charge < -0.3 is 10.2 Å². The van der Waals surface area contributed by atoms with Gasteiger partial charge in [0.25, 0.3) is 0 Å². The topological polar surface area (TPSA) is 48.5 Å². The molecule has 5 heteroatoms. The maximum atomic E-state index is 11.0. The lowest BCUT2D eigenvalue weighted by Crippen LogP contribution is -2.47. The van der Waals surface area contributed by atoms with Crippen LogP contribution in [0.4, 0.5) is 5.69 Å². The maximum absolute atomic E-state index is 11.0. The molecule has 0 radical (unpaired) electrons. The lowest BCUT2D eigenvalue weighted by atomic mass is 10.2. The molecule has 1 N–H and O–H groups in total. The third kappa shape index (κ3) is 4.35. The van der Waals surface area contributed by atoms with Gasteiger partial charge in [0, 0.05) is 50.8 Å². The number of hydrogen-bond donors (Lipinski definition) is 1. The molecule has 0 bridgehead atoms. The molecule has 2 rings (SSSR count). The Labute approximate surface area is 120 Å². The van der Waals surface area contributed by atoms with Gasteiger partial charge in [-0.05, 0) is 31.2 Å². The second kappa shape index (κ2) is 7.65. The van der Waals surface area contributed by atoms with Crippen LogP contribution in [0.2, 0.25) is 0 Å². The highest BCUT2D eigenvalue weighted by molar-refractivity contribution is 5.86. The van der Waals surface area contributed by atoms with Crippen molar-refractivity contribution in [2.75, 3.05) is 44.2 Å². The van der Waals surface area contributed by atoms with Crippen LogP contribution in [-0.4, -0.2) is 55.1 Å². The molecular weight excluding hydrogens is 252 g/mol. The Hall–Kier alpha value is -1.88. The Morgan fingerprint density at radius 3 is 2.65 bits per heavy atom. The highest BCUT2D eigenvalue weighted by Crippen LogP contribution is 2.14. The van der Waals surface area contributed by atoms with Gasteiger partial charge in [0.1, 0.15) is 0 Å². The molecule has 0 saturated carbocycles. The lowest BCUT2D eigenvalue weighted by molar-refractivity contribution is -0.116. The summed E-state index contributed by atoms with van der Waals surface area (Å²) in [6.07, 6.45) is 5.97. The predicted molar refractivity (Wildman–Crippen MR) is 80.7 cm³/mol. The minimum absolute atomic E-state index is 0.0903. The van der Waals surface area contributed by atoms with Crippen molar-refractivity contribution in [2.45, 2.75) is 6.42 Å². The first-order chi connectivity index (χ1) is 9.79. The van der Waals surface area contributed by atoms with Gasteiger partial charge in [-0.15, -0.1) is 0 Å². The van der Waals surface area contributed by atoms with Gasteiger partial charge in [-0.25, -0.2) is 0 Å². The zero-order valence-electron chi connectivity index (χ0n) is 11.8. The summed E-state index contributed by atoms with van der Waals surface area (Å²) in [5.41, 5.74) is 1.25. The van der Waals surface area contributed by atoms with Crippen molar-refractivity contribution in [1.82, 2.24) is 15.2 Å². The first kappa shape index (κ1) is 14.5. The first-order valence-electron chi connectivity index (χ1n) is 7.07. The summed E-state index contributed by atoms with van der Waals surface area (Å²) in [4.78, 5) is 19.9. The summed E-state index contributed by atoms with van der Waals surface area (Å²) < 4.78 is 0. The fourth-order valence-corrected chi connectivity index (χ4v) is 2.37. The average Bonchev–Trinajstić information content (AvgIpc) is 2.52. The number of piperazine rings is 1. The highest BCUT2D eigenvalue weighted by atomic mass is 16.1. The molecule has 0 spiro atoms. The van der Waals surface area contributed by atoms with Crippen LogP contribution in [0.5, 0.6) is 0 Å². The number of carbonyl (C=O) groups excluding carboxylic acids is 1. The van der Waals surface area contributed by atoms with Gasteiger partial charge in [-0.1, -0.05) is 6.58 Å². The van der Waals surface area contributed by atoms with Gasteiger partial charge in [0.15, 0.2) is 0 Å². The number of aromatic nitrogens is 1. The van der Waals surface area contributed by atoms with Crippen molar-refractivity contribution in [3.05, 3.63) is 37.2 Å². The Balaban J connectivity index is 1.64. The van der Waals surface area contributed by atoms with Gasteiger partial charge in [0.05, 0.1) is 0 Å². The second-order valence-corrected chi connectivity index (χ2v) is 4.88. The summed E-state index contributed by atoms with van der Waals surface area (Å²) in [7, 11) is 0. The average molecular weight is 274 g/mol. The van der Waals surface area contributed by atoms with Crippen LogP contribution in [0.3, 0.4) is 0 Å². The lowest BCUT2D eigenvalue weighted by Gasteiger charge is -2.36. The third-order valence-electron chi connectivity index (χ3n) is 3.54. The Morgan fingerprint density at radius 1 is 1.30 bits per heavy atom. The Kier molecular flexibility index (Phi) is 5.55. The zero-order valence-corrected chi connectivity index (χ0v) is 11.8. The Morgan fingerprint density at radius 2 is 2.00 bits per heavy atom. The molecule has 1 aliphatic heterocycles. The molecule has 1 fully saturated rings. The van der Waals surface area contributed by atoms with Crippen molar-refractivity contribution in [3.8, 4) is 0 Å². The minimum atomic E-state index is -0.0903. The summed E-state index contributed by atoms with van der Waals surface area (Å²) in [5, 5.41) is 2.81. The molecule has 20 heavy (non-hydrogen) atoms. The molecule has 2 heterocycles. The number of hydrogen-bond acceptors (Lipinski definition) is 4. The van der Waals surface area contributed by atoms with E-state index in [2.05, 4.69) is 38.8 Å². The summed E-state index contributed by atoms with van der Waals surface area (Å²) in [6.45, 7) is 9.40. The number of anilines is 1. The van der Waals surface area contributed by atoms with Crippen molar-refractivity contribution in [2.24, 2.45) is 0 Å². The SMILES string of the molecule is C=CC(=O)NCCCN1CCN(c2ccncc2)CC1. The Bertz CT molecular complexity index is 427. The van der Waals surface area contributed by atoms with Gasteiger partial charge in [-0.3, -0.25) is 14.7 Å². The zero-order chi connectivity index (χ0) is 14.2. The van der Waals surface area contributed by atoms with E-state index in [9.17, 15) is 4.79 Å². The third-order valence-corrected chi connectivity index (χ3v) is 3.54. The summed E-state index contributed by atoms with van der Waals surface area (Å²) >= 11 is 0. The number of amides is 1. The highest BCUT2D eigenvalue weighted by Gasteiger charge is 2.16. The van der Waals surface area contributed by atoms with Crippen LogP contribution < -0.4 is 10.2 Å². The molecule has 1 aromatic rings. The van der Waals surface area contributed by atoms with Gasteiger partial charge in [0.2, 0.25) is 5.91 Å². The molecule has 1 aliphatic rings. The summed E-state index contributed by atoms with van der Waals surface area (Å²) in [6, 6.07) is 4.11. The van der Waals surface area contributed by atoms with E-state index in [1.54, 1.807) is 0 Å². The van der Waals surface area contributed by atoms with E-state index in [4.69, 9.17) is 0 Å². The van der Waals surface area contributed by atoms with Gasteiger partial charge in [-0.2, -0.15) is 0 Å². The van der Waals surface area contributed by atoms with E-state index in [-0.39, 0.29) is 5.91 Å². The van der Waals surface area contributed by atoms with Crippen LogP contribution in [0.15, 0.2) is 37.2 Å². The molecule has 0 atom stereocenters. The molecule has 108 valence electrons. The predicted octanol–water partition coefficient (Wildman–Crippen LogP) is 0.896. The minimum Gasteiger partial charge on any atom is -0.369 e. The fraction of sp³-hybridized carbons (Fsp3) is 0.467. The summed E-state index contributed by atoms with van der Waals surface area (Å²) in [5.74, 6) is -0.0903. The van der Waals surface area contributed by atoms with Crippen LogP contribution >= 0.6 is 0 Å². The number of pyridine rings is 1. The number of nitrogens with one attached hydrogen (secondary N) is 1. The van der Waals surface area contributed by atoms with E-state index < -0.39 is 0 Å². The monoisotopic (exact) mass is 274 g/mol. The molecule has 1 aromatic heterocycles. The van der Waals surface area contributed by atoms with E-state index in [1.165, 1.54) is 11.8 Å². The van der Waals surface area contributed by atoms with Crippen LogP contribution in [0.1, 0.15) is 6.42 Å². The second-order valence-electron chi connectivity index (χ2n) is 4.88. The number of carbonyl (C=O) groups is 1. The smallest absolute Gasteiger partial charge is 0.243 e.